The van der Waals surface area contributed by atoms with Crippen LogP contribution in [0.1, 0.15) is 0 Å². The molecule has 0 radical (unpaired) electrons. The lowest BCUT2D eigenvalue weighted by molar-refractivity contribution is -0.111. The molecule has 0 aromatic carbocycles. The van der Waals surface area contributed by atoms with Gasteiger partial charge in [0.15, 0.2) is 0 Å². The van der Waals surface area contributed by atoms with Gasteiger partial charge >= 0.3 is 0 Å². The summed E-state index contributed by atoms with van der Waals surface area (Å²) in [6, 6.07) is 0. The van der Waals surface area contributed by atoms with Gasteiger partial charge in [-0.15, -0.1) is 0 Å². The van der Waals surface area contributed by atoms with Crippen LogP contribution in [0.3, 0.4) is 0 Å². The second-order valence-electron chi connectivity index (χ2n) is 2.01. The molecule has 1 aliphatic heterocycles. The molecular weight excluding hydrogens is 130 g/mol. The van der Waals surface area contributed by atoms with E-state index in [2.05, 4.69) is 11.6 Å². The van der Waals surface area contributed by atoms with Gasteiger partial charge in [0.05, 0.1) is 12.3 Å². The van der Waals surface area contributed by atoms with Crippen molar-refractivity contribution in [2.75, 3.05) is 6.54 Å². The molecule has 0 aliphatic carbocycles. The SMILES string of the molecule is C=C1CN=C(C(N)=O)C1=N. The first-order valence-electron chi connectivity index (χ1n) is 2.74. The van der Waals surface area contributed by atoms with Gasteiger partial charge in [-0.05, 0) is 5.57 Å². The van der Waals surface area contributed by atoms with Crippen molar-refractivity contribution in [2.45, 2.75) is 0 Å². The highest BCUT2D eigenvalue weighted by Crippen LogP contribution is 2.04. The number of nitrogens with zero attached hydrogens (tertiary/aromatic N) is 1. The van der Waals surface area contributed by atoms with Crippen LogP contribution in [0.15, 0.2) is 17.1 Å². The number of carbonyl (C=O) groups excluding carboxylic acids is 1. The monoisotopic (exact) mass is 137 g/mol. The highest BCUT2D eigenvalue weighted by Gasteiger charge is 2.21. The summed E-state index contributed by atoms with van der Waals surface area (Å²) in [4.78, 5) is 14.2. The Morgan fingerprint density at radius 1 is 1.80 bits per heavy atom. The molecule has 10 heavy (non-hydrogen) atoms. The Labute approximate surface area is 58.0 Å². The van der Waals surface area contributed by atoms with Gasteiger partial charge in [-0.1, -0.05) is 6.58 Å². The van der Waals surface area contributed by atoms with Crippen LogP contribution in [0.4, 0.5) is 0 Å². The fourth-order valence-corrected chi connectivity index (χ4v) is 0.701. The Bertz CT molecular complexity index is 252. The van der Waals surface area contributed by atoms with Crippen molar-refractivity contribution in [3.8, 4) is 0 Å². The lowest BCUT2D eigenvalue weighted by atomic mass is 10.1. The minimum Gasteiger partial charge on any atom is -0.364 e. The smallest absolute Gasteiger partial charge is 0.269 e. The zero-order valence-corrected chi connectivity index (χ0v) is 5.35. The van der Waals surface area contributed by atoms with E-state index in [9.17, 15) is 4.79 Å². The molecule has 0 unspecified atom stereocenters. The zero-order valence-electron chi connectivity index (χ0n) is 5.35. The molecule has 1 aliphatic rings. The van der Waals surface area contributed by atoms with Crippen LogP contribution in [-0.2, 0) is 4.79 Å². The number of nitrogens with two attached hydrogens (primary N) is 1. The van der Waals surface area contributed by atoms with Crippen LogP contribution in [0, 0.1) is 5.41 Å². The number of rotatable bonds is 1. The molecule has 0 aromatic rings. The predicted molar refractivity (Wildman–Crippen MR) is 38.4 cm³/mol. The number of hydrogen-bond donors (Lipinski definition) is 2. The number of nitrogens with one attached hydrogen (secondary N) is 1. The molecule has 0 atom stereocenters. The summed E-state index contributed by atoms with van der Waals surface area (Å²) in [6.45, 7) is 3.85. The summed E-state index contributed by atoms with van der Waals surface area (Å²) < 4.78 is 0. The van der Waals surface area contributed by atoms with Crippen LogP contribution < -0.4 is 5.73 Å². The van der Waals surface area contributed by atoms with Gasteiger partial charge in [0, 0.05) is 0 Å². The van der Waals surface area contributed by atoms with Crippen LogP contribution in [0.2, 0.25) is 0 Å². The molecule has 1 heterocycles. The molecule has 1 rings (SSSR count). The molecule has 4 nitrogen and oxygen atoms in total. The predicted octanol–water partition coefficient (Wildman–Crippen LogP) is -0.498. The van der Waals surface area contributed by atoms with E-state index in [0.717, 1.165) is 0 Å². The third kappa shape index (κ3) is 0.834. The van der Waals surface area contributed by atoms with Crippen LogP contribution in [0.5, 0.6) is 0 Å². The summed E-state index contributed by atoms with van der Waals surface area (Å²) in [6.07, 6.45) is 0. The minimum absolute atomic E-state index is 0.0463. The van der Waals surface area contributed by atoms with Crippen LogP contribution in [-0.4, -0.2) is 23.9 Å². The Kier molecular flexibility index (Phi) is 1.37. The van der Waals surface area contributed by atoms with Crippen molar-refractivity contribution in [1.29, 1.82) is 5.41 Å². The summed E-state index contributed by atoms with van der Waals surface area (Å²) in [5, 5.41) is 7.21. The largest absolute Gasteiger partial charge is 0.364 e. The first kappa shape index (κ1) is 6.67. The molecule has 3 N–H and O–H groups in total. The maximum atomic E-state index is 10.5. The van der Waals surface area contributed by atoms with Crippen LogP contribution in [0.25, 0.3) is 0 Å². The Morgan fingerprint density at radius 3 is 2.60 bits per heavy atom. The highest BCUT2D eigenvalue weighted by atomic mass is 16.1. The van der Waals surface area contributed by atoms with E-state index in [1.807, 2.05) is 0 Å². The highest BCUT2D eigenvalue weighted by molar-refractivity contribution is 6.70. The Hall–Kier alpha value is -1.45. The van der Waals surface area contributed by atoms with Crippen molar-refractivity contribution in [3.05, 3.63) is 12.2 Å². The second-order valence-corrected chi connectivity index (χ2v) is 2.01. The van der Waals surface area contributed by atoms with E-state index in [-0.39, 0.29) is 11.4 Å². The fourth-order valence-electron chi connectivity index (χ4n) is 0.701. The maximum Gasteiger partial charge on any atom is 0.269 e. The molecule has 0 fully saturated rings. The van der Waals surface area contributed by atoms with Crippen molar-refractivity contribution < 1.29 is 4.79 Å². The van der Waals surface area contributed by atoms with E-state index in [1.165, 1.54) is 0 Å². The molecule has 0 bridgehead atoms. The quantitative estimate of drug-likeness (QED) is 0.502. The lowest BCUT2D eigenvalue weighted by Gasteiger charge is -1.92. The van der Waals surface area contributed by atoms with Crippen molar-refractivity contribution in [1.82, 2.24) is 0 Å². The molecular formula is C6H7N3O. The third-order valence-corrected chi connectivity index (χ3v) is 1.25. The van der Waals surface area contributed by atoms with Gasteiger partial charge in [0.2, 0.25) is 0 Å². The van der Waals surface area contributed by atoms with Gasteiger partial charge in [-0.2, -0.15) is 0 Å². The second kappa shape index (κ2) is 2.06. The number of carbonyl (C=O) groups is 1. The number of aliphatic imine (C=N–C) groups is 1. The average molecular weight is 137 g/mol. The Morgan fingerprint density at radius 2 is 2.40 bits per heavy atom. The zero-order chi connectivity index (χ0) is 7.72. The first-order chi connectivity index (χ1) is 4.63. The van der Waals surface area contributed by atoms with Crippen LogP contribution >= 0.6 is 0 Å². The number of primary amides is 1. The van der Waals surface area contributed by atoms with Crippen molar-refractivity contribution >= 4 is 17.3 Å². The van der Waals surface area contributed by atoms with Gasteiger partial charge in [-0.25, -0.2) is 0 Å². The maximum absolute atomic E-state index is 10.5. The van der Waals surface area contributed by atoms with E-state index in [1.54, 1.807) is 0 Å². The van der Waals surface area contributed by atoms with Gasteiger partial charge in [0.25, 0.3) is 5.91 Å². The molecule has 1 amide bonds. The standard InChI is InChI=1S/C6H7N3O/c1-3-2-9-5(4(3)7)6(8)10/h7H,1-2H2,(H2,8,10). The van der Waals surface area contributed by atoms with Gasteiger partial charge < -0.3 is 5.73 Å². The topological polar surface area (TPSA) is 79.3 Å². The van der Waals surface area contributed by atoms with E-state index in [4.69, 9.17) is 11.1 Å². The normalized spacial score (nSPS) is 17.4. The molecule has 0 saturated heterocycles. The minimum atomic E-state index is -0.649. The summed E-state index contributed by atoms with van der Waals surface area (Å²) in [7, 11) is 0. The molecule has 0 saturated carbocycles. The number of amides is 1. The molecule has 52 valence electrons. The average Bonchev–Trinajstić information content (AvgIpc) is 2.14. The molecule has 0 spiro atoms. The lowest BCUT2D eigenvalue weighted by Crippen LogP contribution is -2.27. The summed E-state index contributed by atoms with van der Waals surface area (Å²) >= 11 is 0. The third-order valence-electron chi connectivity index (χ3n) is 1.25. The van der Waals surface area contributed by atoms with E-state index >= 15 is 0 Å². The van der Waals surface area contributed by atoms with Crippen molar-refractivity contribution in [2.24, 2.45) is 10.7 Å². The first-order valence-corrected chi connectivity index (χ1v) is 2.74. The summed E-state index contributed by atoms with van der Waals surface area (Å²) in [5.41, 5.74) is 5.57. The van der Waals surface area contributed by atoms with Crippen molar-refractivity contribution in [3.63, 3.8) is 0 Å². The number of hydrogen-bond acceptors (Lipinski definition) is 3. The molecule has 0 aromatic heterocycles. The fraction of sp³-hybridized carbons (Fsp3) is 0.167. The van der Waals surface area contributed by atoms with Gasteiger partial charge in [0.1, 0.15) is 5.71 Å². The Balaban J connectivity index is 2.92. The molecule has 4 heteroatoms. The van der Waals surface area contributed by atoms with E-state index < -0.39 is 5.91 Å². The summed E-state index contributed by atoms with van der Waals surface area (Å²) in [5.74, 6) is -0.649. The van der Waals surface area contributed by atoms with E-state index in [0.29, 0.717) is 12.1 Å². The van der Waals surface area contributed by atoms with Gasteiger partial charge in [-0.3, -0.25) is 15.2 Å².